The maximum atomic E-state index is 13.1. The van der Waals surface area contributed by atoms with Gasteiger partial charge in [-0.3, -0.25) is 37.3 Å². The molecular weight excluding hydrogens is 1230 g/mol. The van der Waals surface area contributed by atoms with Crippen molar-refractivity contribution in [3.63, 3.8) is 0 Å². The van der Waals surface area contributed by atoms with Crippen LogP contribution in [0.15, 0.2) is 0 Å². The van der Waals surface area contributed by atoms with E-state index in [-0.39, 0.29) is 25.7 Å². The Bertz CT molecular complexity index is 1850. The monoisotopic (exact) mass is 1380 g/mol. The Morgan fingerprint density at radius 3 is 0.755 bits per heavy atom. The summed E-state index contributed by atoms with van der Waals surface area (Å²) in [6.07, 6.45) is 48.7. The SMILES string of the molecule is CCC(C)CCCCCCCCC(=O)OC[C@H](COP(=O)(O)OC[C@H](O)COP(=O)(O)OC[C@@H](COC(=O)CCCCCCCCCCCCCCCC(C)C)OC(=O)CCCCCCCCCCCCCCCCCC(C)C)OC(=O)CCCCCCCCCC(C)C. The van der Waals surface area contributed by atoms with E-state index < -0.39 is 97.5 Å². The van der Waals surface area contributed by atoms with Crippen molar-refractivity contribution in [3.8, 4) is 0 Å². The highest BCUT2D eigenvalue weighted by Crippen LogP contribution is 2.45. The number of hydrogen-bond donors (Lipinski definition) is 3. The fourth-order valence-electron chi connectivity index (χ4n) is 11.3. The predicted octanol–water partition coefficient (Wildman–Crippen LogP) is 21.7. The van der Waals surface area contributed by atoms with Gasteiger partial charge in [0.1, 0.15) is 19.3 Å². The Kier molecular flexibility index (Phi) is 63.1. The lowest BCUT2D eigenvalue weighted by molar-refractivity contribution is -0.161. The number of phosphoric acid groups is 2. The molecule has 558 valence electrons. The molecule has 0 aliphatic heterocycles. The molecule has 0 amide bonds. The van der Waals surface area contributed by atoms with E-state index in [0.717, 1.165) is 114 Å². The number of rotatable bonds is 72. The van der Waals surface area contributed by atoms with Crippen LogP contribution >= 0.6 is 15.6 Å². The van der Waals surface area contributed by atoms with Crippen LogP contribution in [-0.2, 0) is 65.4 Å². The van der Waals surface area contributed by atoms with E-state index in [1.54, 1.807) is 0 Å². The first-order chi connectivity index (χ1) is 45.1. The highest BCUT2D eigenvalue weighted by molar-refractivity contribution is 7.47. The van der Waals surface area contributed by atoms with Gasteiger partial charge in [-0.1, -0.05) is 325 Å². The Morgan fingerprint density at radius 1 is 0.298 bits per heavy atom. The van der Waals surface area contributed by atoms with Crippen LogP contribution in [0.25, 0.3) is 0 Å². The smallest absolute Gasteiger partial charge is 0.462 e. The quantitative estimate of drug-likeness (QED) is 0.0222. The first kappa shape index (κ1) is 92.1. The second-order valence-electron chi connectivity index (χ2n) is 28.7. The van der Waals surface area contributed by atoms with Crippen molar-refractivity contribution in [2.24, 2.45) is 23.7 Å². The summed E-state index contributed by atoms with van der Waals surface area (Å²) in [7, 11) is -9.91. The molecule has 17 nitrogen and oxygen atoms in total. The number of unbranched alkanes of at least 4 members (excludes halogenated alkanes) is 37. The van der Waals surface area contributed by atoms with Crippen LogP contribution in [-0.4, -0.2) is 96.7 Å². The van der Waals surface area contributed by atoms with Crippen molar-refractivity contribution < 1.29 is 80.2 Å². The number of ether oxygens (including phenoxy) is 4. The third kappa shape index (κ3) is 67.3. The number of carbonyl (C=O) groups is 4. The molecule has 0 saturated carbocycles. The summed E-state index contributed by atoms with van der Waals surface area (Å²) in [6.45, 7) is 14.1. The van der Waals surface area contributed by atoms with Crippen LogP contribution in [0.5, 0.6) is 0 Å². The van der Waals surface area contributed by atoms with E-state index in [0.29, 0.717) is 31.6 Å². The number of phosphoric ester groups is 2. The van der Waals surface area contributed by atoms with Gasteiger partial charge in [-0.15, -0.1) is 0 Å². The topological polar surface area (TPSA) is 237 Å². The van der Waals surface area contributed by atoms with E-state index in [1.165, 1.54) is 173 Å². The van der Waals surface area contributed by atoms with Crippen molar-refractivity contribution in [2.75, 3.05) is 39.6 Å². The molecule has 0 heterocycles. The third-order valence-corrected chi connectivity index (χ3v) is 19.6. The number of esters is 4. The lowest BCUT2D eigenvalue weighted by Gasteiger charge is -2.21. The van der Waals surface area contributed by atoms with Gasteiger partial charge >= 0.3 is 39.5 Å². The van der Waals surface area contributed by atoms with Crippen LogP contribution in [0.4, 0.5) is 0 Å². The standard InChI is InChI=1S/C75H146O17P2/c1-9-68(8)54-46-38-33-34-40-48-56-73(78)86-62-71(92-75(80)58-50-42-32-26-29-37-45-53-67(6)7)64-90-94(83,84)88-60-69(76)59-87-93(81,82)89-63-70(61-85-72(77)55-47-39-30-24-20-17-13-15-19-23-28-36-44-52-66(4)5)91-74(79)57-49-41-31-25-21-16-12-10-11-14-18-22-27-35-43-51-65(2)3/h65-71,76H,9-64H2,1-8H3,(H,81,82)(H,83,84)/t68?,69-,70-,71-/m1/s1. The molecule has 0 fully saturated rings. The van der Waals surface area contributed by atoms with Crippen molar-refractivity contribution in [1.29, 1.82) is 0 Å². The molecule has 0 aliphatic carbocycles. The van der Waals surface area contributed by atoms with Crippen molar-refractivity contribution in [3.05, 3.63) is 0 Å². The molecule has 0 spiro atoms. The second-order valence-corrected chi connectivity index (χ2v) is 31.6. The van der Waals surface area contributed by atoms with Crippen molar-refractivity contribution in [1.82, 2.24) is 0 Å². The van der Waals surface area contributed by atoms with Gasteiger partial charge in [0.15, 0.2) is 12.2 Å². The molecule has 19 heteroatoms. The van der Waals surface area contributed by atoms with Crippen LogP contribution in [0, 0.1) is 23.7 Å². The number of carbonyl (C=O) groups excluding carboxylic acids is 4. The molecule has 0 bridgehead atoms. The second kappa shape index (κ2) is 64.4. The maximum Gasteiger partial charge on any atom is 0.472 e. The van der Waals surface area contributed by atoms with E-state index in [2.05, 4.69) is 55.4 Å². The zero-order valence-electron chi connectivity index (χ0n) is 61.6. The number of hydrogen-bond acceptors (Lipinski definition) is 15. The molecule has 0 rings (SSSR count). The number of aliphatic hydroxyl groups is 1. The molecule has 0 aromatic heterocycles. The Morgan fingerprint density at radius 2 is 0.511 bits per heavy atom. The van der Waals surface area contributed by atoms with Gasteiger partial charge in [-0.05, 0) is 49.4 Å². The normalized spacial score (nSPS) is 14.4. The fraction of sp³-hybridized carbons (Fsp3) is 0.947. The predicted molar refractivity (Wildman–Crippen MR) is 381 cm³/mol. The van der Waals surface area contributed by atoms with E-state index in [9.17, 15) is 43.2 Å². The van der Waals surface area contributed by atoms with Gasteiger partial charge in [-0.2, -0.15) is 0 Å². The zero-order valence-corrected chi connectivity index (χ0v) is 63.4. The van der Waals surface area contributed by atoms with Crippen molar-refractivity contribution >= 4 is 39.5 Å². The summed E-state index contributed by atoms with van der Waals surface area (Å²) in [4.78, 5) is 72.7. The molecule has 0 aromatic carbocycles. The van der Waals surface area contributed by atoms with Crippen LogP contribution in [0.3, 0.4) is 0 Å². The molecule has 0 saturated heterocycles. The molecule has 3 N–H and O–H groups in total. The summed E-state index contributed by atoms with van der Waals surface area (Å²) in [5.74, 6) is 0.895. The largest absolute Gasteiger partial charge is 0.472 e. The maximum absolute atomic E-state index is 13.1. The van der Waals surface area contributed by atoms with Crippen LogP contribution in [0.1, 0.15) is 376 Å². The van der Waals surface area contributed by atoms with E-state index in [4.69, 9.17) is 37.0 Å². The summed E-state index contributed by atoms with van der Waals surface area (Å²) in [6, 6.07) is 0. The summed E-state index contributed by atoms with van der Waals surface area (Å²) >= 11 is 0. The summed E-state index contributed by atoms with van der Waals surface area (Å²) in [5, 5.41) is 10.6. The first-order valence-electron chi connectivity index (χ1n) is 38.7. The fourth-order valence-corrected chi connectivity index (χ4v) is 12.9. The minimum atomic E-state index is -4.96. The van der Waals surface area contributed by atoms with Gasteiger partial charge < -0.3 is 33.8 Å². The van der Waals surface area contributed by atoms with Crippen LogP contribution < -0.4 is 0 Å². The Balaban J connectivity index is 5.23. The molecule has 94 heavy (non-hydrogen) atoms. The highest BCUT2D eigenvalue weighted by Gasteiger charge is 2.30. The molecule has 3 unspecified atom stereocenters. The van der Waals surface area contributed by atoms with Gasteiger partial charge in [0.2, 0.25) is 0 Å². The average Bonchev–Trinajstić information content (AvgIpc) is 1.69. The van der Waals surface area contributed by atoms with Gasteiger partial charge in [0, 0.05) is 25.7 Å². The van der Waals surface area contributed by atoms with E-state index >= 15 is 0 Å². The molecule has 6 atom stereocenters. The molecule has 0 radical (unpaired) electrons. The third-order valence-electron chi connectivity index (χ3n) is 17.7. The molecular formula is C75H146O17P2. The minimum Gasteiger partial charge on any atom is -0.462 e. The van der Waals surface area contributed by atoms with Gasteiger partial charge in [0.05, 0.1) is 26.4 Å². The van der Waals surface area contributed by atoms with E-state index in [1.807, 2.05) is 0 Å². The van der Waals surface area contributed by atoms with Gasteiger partial charge in [0.25, 0.3) is 0 Å². The lowest BCUT2D eigenvalue weighted by atomic mass is 10.00. The van der Waals surface area contributed by atoms with Crippen molar-refractivity contribution in [2.45, 2.75) is 395 Å². The Labute approximate surface area is 575 Å². The first-order valence-corrected chi connectivity index (χ1v) is 41.7. The summed E-state index contributed by atoms with van der Waals surface area (Å²) in [5.41, 5.74) is 0. The van der Waals surface area contributed by atoms with Gasteiger partial charge in [-0.25, -0.2) is 9.13 Å². The van der Waals surface area contributed by atoms with Crippen LogP contribution in [0.2, 0.25) is 0 Å². The highest BCUT2D eigenvalue weighted by atomic mass is 31.2. The minimum absolute atomic E-state index is 0.102. The lowest BCUT2D eigenvalue weighted by Crippen LogP contribution is -2.30. The Hall–Kier alpha value is -1.94. The molecule has 0 aromatic rings. The number of aliphatic hydroxyl groups excluding tert-OH is 1. The molecule has 0 aliphatic rings. The summed E-state index contributed by atoms with van der Waals surface area (Å²) < 4.78 is 68.4. The zero-order chi connectivity index (χ0) is 69.6. The average molecular weight is 1380 g/mol.